The largest absolute Gasteiger partial charge is 0.398 e. The van der Waals surface area contributed by atoms with E-state index in [4.69, 9.17) is 5.73 Å². The second kappa shape index (κ2) is 5.16. The Bertz CT molecular complexity index is 503. The normalized spacial score (nSPS) is 26.3. The van der Waals surface area contributed by atoms with Crippen LogP contribution in [-0.4, -0.2) is 23.4 Å². The first-order valence-electron chi connectivity index (χ1n) is 7.03. The molecule has 2 aliphatic rings. The van der Waals surface area contributed by atoms with Crippen LogP contribution in [0.2, 0.25) is 0 Å². The number of amides is 1. The number of benzene rings is 1. The first kappa shape index (κ1) is 13.0. The van der Waals surface area contributed by atoms with Crippen molar-refractivity contribution in [1.29, 1.82) is 0 Å². The van der Waals surface area contributed by atoms with Crippen molar-refractivity contribution in [2.24, 2.45) is 5.92 Å². The van der Waals surface area contributed by atoms with Gasteiger partial charge in [0.2, 0.25) is 0 Å². The number of anilines is 1. The standard InChI is InChI=1S/C15H19BrN2O/c16-12-9-11(5-6-13(12)17)15(19)18-8-7-10-3-1-2-4-14(10)18/h5-6,9-10,14H,1-4,7-8,17H2. The van der Waals surface area contributed by atoms with Crippen LogP contribution in [0, 0.1) is 5.92 Å². The van der Waals surface area contributed by atoms with E-state index in [9.17, 15) is 4.79 Å². The van der Waals surface area contributed by atoms with Crippen molar-refractivity contribution >= 4 is 27.5 Å². The van der Waals surface area contributed by atoms with Gasteiger partial charge in [0.1, 0.15) is 0 Å². The Morgan fingerprint density at radius 3 is 2.84 bits per heavy atom. The van der Waals surface area contributed by atoms with Gasteiger partial charge in [0.15, 0.2) is 0 Å². The number of rotatable bonds is 1. The van der Waals surface area contributed by atoms with Crippen LogP contribution >= 0.6 is 15.9 Å². The Morgan fingerprint density at radius 1 is 1.26 bits per heavy atom. The highest BCUT2D eigenvalue weighted by Gasteiger charge is 2.38. The van der Waals surface area contributed by atoms with E-state index in [1.165, 1.54) is 32.1 Å². The summed E-state index contributed by atoms with van der Waals surface area (Å²) in [6.45, 7) is 0.913. The summed E-state index contributed by atoms with van der Waals surface area (Å²) in [5.41, 5.74) is 7.19. The fourth-order valence-corrected chi connectivity index (χ4v) is 3.86. The summed E-state index contributed by atoms with van der Waals surface area (Å²) in [6, 6.07) is 5.94. The number of carbonyl (C=O) groups is 1. The Kier molecular flexibility index (Phi) is 3.52. The molecule has 0 radical (unpaired) electrons. The highest BCUT2D eigenvalue weighted by molar-refractivity contribution is 9.10. The first-order valence-corrected chi connectivity index (χ1v) is 7.82. The van der Waals surface area contributed by atoms with Crippen molar-refractivity contribution in [3.63, 3.8) is 0 Å². The summed E-state index contributed by atoms with van der Waals surface area (Å²) >= 11 is 3.40. The SMILES string of the molecule is Nc1ccc(C(=O)N2CCC3CCCCC32)cc1Br. The second-order valence-corrected chi connectivity index (χ2v) is 6.49. The average molecular weight is 323 g/mol. The Hall–Kier alpha value is -1.03. The zero-order chi connectivity index (χ0) is 13.4. The third-order valence-electron chi connectivity index (χ3n) is 4.52. The molecule has 1 aliphatic carbocycles. The molecule has 3 rings (SSSR count). The van der Waals surface area contributed by atoms with Crippen LogP contribution in [0.4, 0.5) is 5.69 Å². The number of carbonyl (C=O) groups excluding carboxylic acids is 1. The minimum Gasteiger partial charge on any atom is -0.398 e. The van der Waals surface area contributed by atoms with Gasteiger partial charge in [-0.25, -0.2) is 0 Å². The van der Waals surface area contributed by atoms with E-state index in [2.05, 4.69) is 20.8 Å². The van der Waals surface area contributed by atoms with Crippen molar-refractivity contribution in [3.05, 3.63) is 28.2 Å². The molecule has 1 aromatic rings. The third kappa shape index (κ3) is 2.38. The number of halogens is 1. The van der Waals surface area contributed by atoms with E-state index in [-0.39, 0.29) is 5.91 Å². The van der Waals surface area contributed by atoms with Crippen molar-refractivity contribution in [3.8, 4) is 0 Å². The molecule has 1 aliphatic heterocycles. The summed E-state index contributed by atoms with van der Waals surface area (Å²) in [6.07, 6.45) is 6.23. The molecular weight excluding hydrogens is 304 g/mol. The van der Waals surface area contributed by atoms with Gasteiger partial charge in [0.25, 0.3) is 5.91 Å². The van der Waals surface area contributed by atoms with Crippen LogP contribution in [0.25, 0.3) is 0 Å². The lowest BCUT2D eigenvalue weighted by atomic mass is 9.85. The van der Waals surface area contributed by atoms with Crippen LogP contribution in [0.5, 0.6) is 0 Å². The minimum atomic E-state index is 0.162. The molecule has 4 heteroatoms. The summed E-state index contributed by atoms with van der Waals surface area (Å²) in [5.74, 6) is 0.894. The highest BCUT2D eigenvalue weighted by atomic mass is 79.9. The van der Waals surface area contributed by atoms with Crippen LogP contribution < -0.4 is 5.73 Å². The molecule has 102 valence electrons. The number of fused-ring (bicyclic) bond motifs is 1. The maximum absolute atomic E-state index is 12.6. The molecule has 0 spiro atoms. The lowest BCUT2D eigenvalue weighted by Gasteiger charge is -2.31. The molecule has 1 saturated carbocycles. The zero-order valence-corrected chi connectivity index (χ0v) is 12.5. The summed E-state index contributed by atoms with van der Waals surface area (Å²) in [7, 11) is 0. The number of nitrogens with zero attached hydrogens (tertiary/aromatic N) is 1. The average Bonchev–Trinajstić information content (AvgIpc) is 2.85. The van der Waals surface area contributed by atoms with E-state index >= 15 is 0 Å². The number of hydrogen-bond acceptors (Lipinski definition) is 2. The Balaban J connectivity index is 1.81. The van der Waals surface area contributed by atoms with Gasteiger partial charge in [0.05, 0.1) is 0 Å². The molecule has 0 bridgehead atoms. The molecule has 1 heterocycles. The minimum absolute atomic E-state index is 0.162. The smallest absolute Gasteiger partial charge is 0.254 e. The molecule has 1 amide bonds. The fourth-order valence-electron chi connectivity index (χ4n) is 3.48. The maximum atomic E-state index is 12.6. The molecule has 0 aromatic heterocycles. The lowest BCUT2D eigenvalue weighted by Crippen LogP contribution is -2.39. The number of nitrogen functional groups attached to an aromatic ring is 1. The van der Waals surface area contributed by atoms with Crippen LogP contribution in [0.15, 0.2) is 22.7 Å². The van der Waals surface area contributed by atoms with Crippen LogP contribution in [0.3, 0.4) is 0 Å². The molecular formula is C15H19BrN2O. The summed E-state index contributed by atoms with van der Waals surface area (Å²) in [4.78, 5) is 14.7. The lowest BCUT2D eigenvalue weighted by molar-refractivity contribution is 0.0690. The number of nitrogens with two attached hydrogens (primary N) is 1. The molecule has 1 aromatic carbocycles. The van der Waals surface area contributed by atoms with E-state index in [1.807, 2.05) is 12.1 Å². The summed E-state index contributed by atoms with van der Waals surface area (Å²) < 4.78 is 0.803. The van der Waals surface area contributed by atoms with Crippen molar-refractivity contribution in [1.82, 2.24) is 4.90 Å². The van der Waals surface area contributed by atoms with Gasteiger partial charge in [-0.3, -0.25) is 4.79 Å². The van der Waals surface area contributed by atoms with Gasteiger partial charge < -0.3 is 10.6 Å². The first-order chi connectivity index (χ1) is 9.16. The third-order valence-corrected chi connectivity index (χ3v) is 5.21. The van der Waals surface area contributed by atoms with Crippen molar-refractivity contribution < 1.29 is 4.79 Å². The molecule has 2 unspecified atom stereocenters. The van der Waals surface area contributed by atoms with Crippen molar-refractivity contribution in [2.45, 2.75) is 38.1 Å². The number of likely N-dealkylation sites (tertiary alicyclic amines) is 1. The van der Waals surface area contributed by atoms with E-state index in [1.54, 1.807) is 6.07 Å². The fraction of sp³-hybridized carbons (Fsp3) is 0.533. The van der Waals surface area contributed by atoms with Gasteiger partial charge in [-0.05, 0) is 59.3 Å². The van der Waals surface area contributed by atoms with Crippen LogP contribution in [-0.2, 0) is 0 Å². The van der Waals surface area contributed by atoms with Gasteiger partial charge in [-0.1, -0.05) is 12.8 Å². The molecule has 3 nitrogen and oxygen atoms in total. The monoisotopic (exact) mass is 322 g/mol. The molecule has 19 heavy (non-hydrogen) atoms. The highest BCUT2D eigenvalue weighted by Crippen LogP contribution is 2.37. The Labute approximate surface area is 122 Å². The van der Waals surface area contributed by atoms with Gasteiger partial charge >= 0.3 is 0 Å². The predicted molar refractivity (Wildman–Crippen MR) is 80.0 cm³/mol. The maximum Gasteiger partial charge on any atom is 0.254 e. The Morgan fingerprint density at radius 2 is 2.05 bits per heavy atom. The predicted octanol–water partition coefficient (Wildman–Crippen LogP) is 3.44. The molecule has 1 saturated heterocycles. The zero-order valence-electron chi connectivity index (χ0n) is 10.9. The topological polar surface area (TPSA) is 46.3 Å². The summed E-state index contributed by atoms with van der Waals surface area (Å²) in [5, 5.41) is 0. The van der Waals surface area contributed by atoms with E-state index < -0.39 is 0 Å². The molecule has 2 fully saturated rings. The molecule has 2 N–H and O–H groups in total. The van der Waals surface area contributed by atoms with Crippen LogP contribution in [0.1, 0.15) is 42.5 Å². The quantitative estimate of drug-likeness (QED) is 0.805. The van der Waals surface area contributed by atoms with Crippen molar-refractivity contribution in [2.75, 3.05) is 12.3 Å². The van der Waals surface area contributed by atoms with Gasteiger partial charge in [-0.15, -0.1) is 0 Å². The van der Waals surface area contributed by atoms with Gasteiger partial charge in [0, 0.05) is 28.3 Å². The van der Waals surface area contributed by atoms with Gasteiger partial charge in [-0.2, -0.15) is 0 Å². The van der Waals surface area contributed by atoms with E-state index in [0.717, 1.165) is 22.5 Å². The second-order valence-electron chi connectivity index (χ2n) is 5.64. The number of hydrogen-bond donors (Lipinski definition) is 1. The van der Waals surface area contributed by atoms with E-state index in [0.29, 0.717) is 11.7 Å². The molecule has 2 atom stereocenters.